The van der Waals surface area contributed by atoms with Crippen LogP contribution >= 0.6 is 0 Å². The molecule has 5 aromatic carbocycles. The molecule has 0 aromatic heterocycles. The maximum atomic E-state index is 13.6. The predicted molar refractivity (Wildman–Crippen MR) is 216 cm³/mol. The summed E-state index contributed by atoms with van der Waals surface area (Å²) in [7, 11) is -1.99. The number of benzene rings is 5. The summed E-state index contributed by atoms with van der Waals surface area (Å²) in [5.41, 5.74) is 6.01. The van der Waals surface area contributed by atoms with Gasteiger partial charge >= 0.3 is 0 Å². The van der Waals surface area contributed by atoms with Crippen LogP contribution in [0.3, 0.4) is 0 Å². The highest BCUT2D eigenvalue weighted by Crippen LogP contribution is 2.38. The lowest BCUT2D eigenvalue weighted by Gasteiger charge is -2.39. The first-order valence-corrected chi connectivity index (χ1v) is 20.4. The highest BCUT2D eigenvalue weighted by Gasteiger charge is 2.34. The van der Waals surface area contributed by atoms with Crippen LogP contribution in [0.1, 0.15) is 70.8 Å². The van der Waals surface area contributed by atoms with Crippen LogP contribution in [-0.4, -0.2) is 61.2 Å². The van der Waals surface area contributed by atoms with Gasteiger partial charge < -0.3 is 25.0 Å². The van der Waals surface area contributed by atoms with E-state index >= 15 is 0 Å². The second-order valence-electron chi connectivity index (χ2n) is 14.5. The summed E-state index contributed by atoms with van der Waals surface area (Å²) in [5, 5.41) is 23.6. The van der Waals surface area contributed by atoms with Crippen LogP contribution in [0, 0.1) is 6.92 Å². The zero-order valence-corrected chi connectivity index (χ0v) is 32.8. The van der Waals surface area contributed by atoms with Gasteiger partial charge in [0, 0.05) is 31.1 Å². The van der Waals surface area contributed by atoms with Crippen LogP contribution < -0.4 is 10.0 Å². The summed E-state index contributed by atoms with van der Waals surface area (Å²) in [5.74, 6) is -0.443. The lowest BCUT2D eigenvalue weighted by molar-refractivity contribution is -0.253. The third kappa shape index (κ3) is 10.8. The highest BCUT2D eigenvalue weighted by molar-refractivity contribution is 7.89. The van der Waals surface area contributed by atoms with E-state index in [2.05, 4.69) is 14.9 Å². The molecule has 294 valence electrons. The first-order chi connectivity index (χ1) is 27.0. The summed E-state index contributed by atoms with van der Waals surface area (Å²) >= 11 is 0. The summed E-state index contributed by atoms with van der Waals surface area (Å²) in [6.45, 7) is 4.57. The van der Waals surface area contributed by atoms with Crippen LogP contribution in [0.25, 0.3) is 0 Å². The van der Waals surface area contributed by atoms with Crippen LogP contribution in [0.4, 0.5) is 0 Å². The molecule has 11 heteroatoms. The van der Waals surface area contributed by atoms with Gasteiger partial charge in [0.05, 0.1) is 29.8 Å². The molecule has 0 radical (unpaired) electrons. The third-order valence-electron chi connectivity index (χ3n) is 10.3. The Bertz CT molecular complexity index is 2100. The molecule has 4 N–H and O–H groups in total. The smallest absolute Gasteiger partial charge is 0.241 e. The van der Waals surface area contributed by atoms with E-state index in [-0.39, 0.29) is 42.7 Å². The van der Waals surface area contributed by atoms with Crippen molar-refractivity contribution in [1.82, 2.24) is 14.9 Å². The number of hydrogen-bond donors (Lipinski definition) is 4. The fourth-order valence-electron chi connectivity index (χ4n) is 6.81. The average Bonchev–Trinajstić information content (AvgIpc) is 3.23. The number of aliphatic hydroxyl groups excluding tert-OH is 2. The van der Waals surface area contributed by atoms with E-state index < -0.39 is 34.4 Å². The maximum absolute atomic E-state index is 13.6. The fourth-order valence-corrected chi connectivity index (χ4v) is 8.00. The molecule has 1 amide bonds. The van der Waals surface area contributed by atoms with Crippen LogP contribution in [0.15, 0.2) is 138 Å². The number of sulfonamides is 1. The van der Waals surface area contributed by atoms with Gasteiger partial charge in [0.15, 0.2) is 6.29 Å². The number of nitrogens with zero attached hydrogens (tertiary/aromatic N) is 1. The Labute approximate surface area is 330 Å². The van der Waals surface area contributed by atoms with Crippen molar-refractivity contribution >= 4 is 15.9 Å². The molecule has 1 aliphatic rings. The number of nitrogens with one attached hydrogen (secondary N) is 2. The number of amides is 1. The van der Waals surface area contributed by atoms with Gasteiger partial charge in [-0.15, -0.1) is 0 Å². The Morgan fingerprint density at radius 3 is 2.05 bits per heavy atom. The lowest BCUT2D eigenvalue weighted by atomic mass is 9.98. The minimum absolute atomic E-state index is 0.0455. The van der Waals surface area contributed by atoms with Crippen molar-refractivity contribution in [1.29, 1.82) is 0 Å². The summed E-state index contributed by atoms with van der Waals surface area (Å²) < 4.78 is 42.4. The van der Waals surface area contributed by atoms with Gasteiger partial charge in [-0.2, -0.15) is 4.72 Å². The zero-order valence-electron chi connectivity index (χ0n) is 32.0. The molecular weight excluding hydrogens is 727 g/mol. The molecule has 56 heavy (non-hydrogen) atoms. The normalized spacial score (nSPS) is 18.9. The quantitative estimate of drug-likeness (QED) is 0.0918. The minimum Gasteiger partial charge on any atom is -0.392 e. The van der Waals surface area contributed by atoms with Gasteiger partial charge in [0.2, 0.25) is 15.9 Å². The van der Waals surface area contributed by atoms with Gasteiger partial charge in [-0.25, -0.2) is 8.42 Å². The van der Waals surface area contributed by atoms with E-state index in [0.29, 0.717) is 13.0 Å². The number of rotatable bonds is 16. The molecule has 0 spiro atoms. The molecule has 0 aliphatic carbocycles. The molecular formula is C45H51N3O7S. The van der Waals surface area contributed by atoms with Crippen molar-refractivity contribution in [2.24, 2.45) is 0 Å². The van der Waals surface area contributed by atoms with Crippen molar-refractivity contribution in [3.05, 3.63) is 172 Å². The van der Waals surface area contributed by atoms with E-state index in [1.165, 1.54) is 12.1 Å². The molecule has 1 fully saturated rings. The summed E-state index contributed by atoms with van der Waals surface area (Å²) in [4.78, 5) is 15.8. The number of ether oxygens (including phenoxy) is 2. The number of aliphatic hydroxyl groups is 2. The Morgan fingerprint density at radius 2 is 1.41 bits per heavy atom. The molecule has 10 nitrogen and oxygen atoms in total. The second kappa shape index (κ2) is 18.9. The summed E-state index contributed by atoms with van der Waals surface area (Å²) in [6.07, 6.45) is -1.09. The fraction of sp³-hybridized carbons (Fsp3) is 0.311. The number of carbonyl (C=O) groups is 1. The molecule has 1 saturated heterocycles. The van der Waals surface area contributed by atoms with Gasteiger partial charge in [-0.05, 0) is 67.3 Å². The minimum atomic E-state index is -3.97. The van der Waals surface area contributed by atoms with Crippen molar-refractivity contribution in [3.63, 3.8) is 0 Å². The first-order valence-electron chi connectivity index (χ1n) is 18.9. The van der Waals surface area contributed by atoms with E-state index in [4.69, 9.17) is 9.47 Å². The SMILES string of the molecule is Cc1ccc(S(=O)(=O)N[C@H](Cc2ccccc2)C(=O)NCc2ccc([C@@H]3O[C@H](CN(C)[C@H](C)[C@@H](O)c4ccccc4)C[C@H](c4ccc(CO)cc4)O3)cc2)cc1. The number of likely N-dealkylation sites (N-methyl/N-ethyl adjacent to an activating group) is 1. The summed E-state index contributed by atoms with van der Waals surface area (Å²) in [6, 6.07) is 39.5. The van der Waals surface area contributed by atoms with Crippen LogP contribution in [0.2, 0.25) is 0 Å². The monoisotopic (exact) mass is 777 g/mol. The van der Waals surface area contributed by atoms with Gasteiger partial charge in [0.25, 0.3) is 0 Å². The van der Waals surface area contributed by atoms with E-state index in [1.807, 2.05) is 130 Å². The molecule has 6 atom stereocenters. The topological polar surface area (TPSA) is 137 Å². The highest BCUT2D eigenvalue weighted by atomic mass is 32.2. The molecule has 0 unspecified atom stereocenters. The molecule has 5 aromatic rings. The number of hydrogen-bond acceptors (Lipinski definition) is 8. The average molecular weight is 778 g/mol. The van der Waals surface area contributed by atoms with Crippen LogP contribution in [0.5, 0.6) is 0 Å². The van der Waals surface area contributed by atoms with Crippen molar-refractivity contribution < 1.29 is 32.9 Å². The maximum Gasteiger partial charge on any atom is 0.241 e. The van der Waals surface area contributed by atoms with E-state index in [1.54, 1.807) is 12.1 Å². The predicted octanol–water partition coefficient (Wildman–Crippen LogP) is 6.29. The Morgan fingerprint density at radius 1 is 0.804 bits per heavy atom. The van der Waals surface area contributed by atoms with E-state index in [9.17, 15) is 23.4 Å². The molecule has 1 heterocycles. The molecule has 1 aliphatic heterocycles. The van der Waals surface area contributed by atoms with E-state index in [0.717, 1.165) is 38.9 Å². The van der Waals surface area contributed by atoms with Gasteiger partial charge in [0.1, 0.15) is 6.04 Å². The van der Waals surface area contributed by atoms with Gasteiger partial charge in [-0.1, -0.05) is 127 Å². The Kier molecular flexibility index (Phi) is 13.8. The number of aryl methyl sites for hydroxylation is 1. The number of carbonyl (C=O) groups excluding carboxylic acids is 1. The van der Waals surface area contributed by atoms with Crippen molar-refractivity contribution in [3.8, 4) is 0 Å². The molecule has 0 saturated carbocycles. The third-order valence-corrected chi connectivity index (χ3v) is 11.8. The lowest BCUT2D eigenvalue weighted by Crippen LogP contribution is -2.47. The standard InChI is InChI=1S/C45H51N3O7S/c1-31-14-24-40(25-15-31)56(52,53)47-41(26-33-10-6-4-7-11-33)44(51)46-28-34-16-22-38(23-17-34)45-54-39(27-42(55-45)36-20-18-35(30-49)19-21-36)29-48(3)32(2)43(50)37-12-8-5-9-13-37/h4-25,32,39,41-43,45,47,49-50H,26-30H2,1-3H3,(H,46,51)/t32-,39+,41-,42-,43-,45-/m1/s1. The Hall–Kier alpha value is -4.72. The van der Waals surface area contributed by atoms with Crippen LogP contribution in [-0.2, 0) is 43.9 Å². The largest absolute Gasteiger partial charge is 0.392 e. The second-order valence-corrected chi connectivity index (χ2v) is 16.2. The van der Waals surface area contributed by atoms with Crippen molar-refractivity contribution in [2.45, 2.75) is 81.4 Å². The zero-order chi connectivity index (χ0) is 39.7. The molecule has 0 bridgehead atoms. The Balaban J connectivity index is 1.14. The molecule has 6 rings (SSSR count). The first kappa shape index (κ1) is 40.9. The van der Waals surface area contributed by atoms with Gasteiger partial charge in [-0.3, -0.25) is 9.69 Å². The van der Waals surface area contributed by atoms with Crippen molar-refractivity contribution in [2.75, 3.05) is 13.6 Å².